The van der Waals surface area contributed by atoms with Crippen molar-refractivity contribution < 1.29 is 9.90 Å². The first-order valence-corrected chi connectivity index (χ1v) is 6.87. The molecular weight excluding hydrogens is 216 g/mol. The van der Waals surface area contributed by atoms with Crippen LogP contribution in [0.3, 0.4) is 0 Å². The Labute approximate surface area is 103 Å². The minimum absolute atomic E-state index is 0.0504. The molecule has 1 aliphatic carbocycles. The number of carbonyl (C=O) groups excluding carboxylic acids is 1. The van der Waals surface area contributed by atoms with E-state index < -0.39 is 0 Å². The summed E-state index contributed by atoms with van der Waals surface area (Å²) >= 11 is 0. The van der Waals surface area contributed by atoms with E-state index in [0.29, 0.717) is 5.92 Å². The molecule has 1 saturated carbocycles. The van der Waals surface area contributed by atoms with Crippen molar-refractivity contribution in [2.24, 2.45) is 17.6 Å². The summed E-state index contributed by atoms with van der Waals surface area (Å²) in [7, 11) is 0. The van der Waals surface area contributed by atoms with E-state index in [1.807, 2.05) is 4.90 Å². The van der Waals surface area contributed by atoms with Crippen molar-refractivity contribution in [2.75, 3.05) is 19.7 Å². The molecule has 2 rings (SSSR count). The largest absolute Gasteiger partial charge is 0.396 e. The first kappa shape index (κ1) is 12.8. The van der Waals surface area contributed by atoms with Gasteiger partial charge in [0, 0.05) is 25.7 Å². The average molecular weight is 240 g/mol. The molecule has 0 aromatic carbocycles. The number of aliphatic hydroxyl groups excluding tert-OH is 1. The van der Waals surface area contributed by atoms with Crippen molar-refractivity contribution >= 4 is 5.91 Å². The van der Waals surface area contributed by atoms with Gasteiger partial charge in [-0.3, -0.25) is 4.79 Å². The normalized spacial score (nSPS) is 31.5. The van der Waals surface area contributed by atoms with E-state index in [1.165, 1.54) is 0 Å². The molecule has 0 spiro atoms. The average Bonchev–Trinajstić information content (AvgIpc) is 2.39. The number of amides is 1. The van der Waals surface area contributed by atoms with Gasteiger partial charge in [0.05, 0.1) is 5.92 Å². The third-order valence-corrected chi connectivity index (χ3v) is 4.32. The zero-order chi connectivity index (χ0) is 12.3. The highest BCUT2D eigenvalue weighted by Gasteiger charge is 2.33. The number of nitrogens with two attached hydrogens (primary N) is 1. The van der Waals surface area contributed by atoms with Crippen LogP contribution in [0.4, 0.5) is 0 Å². The lowest BCUT2D eigenvalue weighted by Crippen LogP contribution is -2.48. The van der Waals surface area contributed by atoms with Crippen LogP contribution < -0.4 is 5.73 Å². The highest BCUT2D eigenvalue weighted by atomic mass is 16.3. The summed E-state index contributed by atoms with van der Waals surface area (Å²) < 4.78 is 0. The molecule has 2 aliphatic rings. The summed E-state index contributed by atoms with van der Waals surface area (Å²) in [4.78, 5) is 14.3. The van der Waals surface area contributed by atoms with E-state index in [4.69, 9.17) is 10.8 Å². The van der Waals surface area contributed by atoms with E-state index in [0.717, 1.165) is 51.6 Å². The zero-order valence-corrected chi connectivity index (χ0v) is 10.5. The molecule has 98 valence electrons. The first-order chi connectivity index (χ1) is 8.22. The van der Waals surface area contributed by atoms with E-state index in [9.17, 15) is 4.79 Å². The second-order valence-corrected chi connectivity index (χ2v) is 5.51. The van der Waals surface area contributed by atoms with Crippen LogP contribution in [0.25, 0.3) is 0 Å². The molecule has 0 aromatic rings. The third kappa shape index (κ3) is 2.99. The Morgan fingerprint density at radius 2 is 1.82 bits per heavy atom. The fourth-order valence-electron chi connectivity index (χ4n) is 3.04. The van der Waals surface area contributed by atoms with Crippen LogP contribution in [-0.2, 0) is 4.79 Å². The maximum absolute atomic E-state index is 12.3. The van der Waals surface area contributed by atoms with Crippen molar-refractivity contribution in [3.05, 3.63) is 0 Å². The third-order valence-electron chi connectivity index (χ3n) is 4.32. The Morgan fingerprint density at radius 1 is 1.18 bits per heavy atom. The monoisotopic (exact) mass is 240 g/mol. The molecule has 0 radical (unpaired) electrons. The quantitative estimate of drug-likeness (QED) is 0.748. The Morgan fingerprint density at radius 3 is 2.41 bits per heavy atom. The van der Waals surface area contributed by atoms with Crippen LogP contribution in [0.15, 0.2) is 0 Å². The lowest BCUT2D eigenvalue weighted by molar-refractivity contribution is -0.138. The Balaban J connectivity index is 1.87. The molecule has 1 amide bonds. The van der Waals surface area contributed by atoms with Crippen molar-refractivity contribution in [3.63, 3.8) is 0 Å². The second kappa shape index (κ2) is 5.83. The van der Waals surface area contributed by atoms with E-state index in [-0.39, 0.29) is 24.5 Å². The van der Waals surface area contributed by atoms with Gasteiger partial charge in [-0.25, -0.2) is 0 Å². The molecule has 4 nitrogen and oxygen atoms in total. The van der Waals surface area contributed by atoms with Crippen LogP contribution in [0, 0.1) is 11.8 Å². The van der Waals surface area contributed by atoms with Crippen molar-refractivity contribution in [3.8, 4) is 0 Å². The summed E-state index contributed by atoms with van der Waals surface area (Å²) in [6.45, 7) is 1.85. The molecule has 17 heavy (non-hydrogen) atoms. The van der Waals surface area contributed by atoms with E-state index in [2.05, 4.69) is 0 Å². The van der Waals surface area contributed by atoms with Gasteiger partial charge in [-0.15, -0.1) is 0 Å². The van der Waals surface area contributed by atoms with Gasteiger partial charge in [-0.05, 0) is 31.6 Å². The number of aliphatic hydroxyl groups is 1. The predicted octanol–water partition coefficient (Wildman–Crippen LogP) is 0.735. The van der Waals surface area contributed by atoms with Crippen molar-refractivity contribution in [1.82, 2.24) is 4.90 Å². The zero-order valence-electron chi connectivity index (χ0n) is 10.5. The number of rotatable bonds is 2. The van der Waals surface area contributed by atoms with Gasteiger partial charge < -0.3 is 15.7 Å². The molecule has 0 aromatic heterocycles. The lowest BCUT2D eigenvalue weighted by atomic mass is 9.83. The molecule has 1 saturated heterocycles. The van der Waals surface area contributed by atoms with Gasteiger partial charge in [0.15, 0.2) is 0 Å². The summed E-state index contributed by atoms with van der Waals surface area (Å²) in [5.74, 6) is 0.696. The number of hydrogen-bond donors (Lipinski definition) is 2. The SMILES string of the molecule is NC1CCCCC1C(=O)N1CCC(CO)CC1. The van der Waals surface area contributed by atoms with Gasteiger partial charge >= 0.3 is 0 Å². The van der Waals surface area contributed by atoms with Crippen LogP contribution in [0.2, 0.25) is 0 Å². The van der Waals surface area contributed by atoms with Gasteiger partial charge in [-0.1, -0.05) is 12.8 Å². The summed E-state index contributed by atoms with van der Waals surface area (Å²) in [5.41, 5.74) is 6.05. The fraction of sp³-hybridized carbons (Fsp3) is 0.923. The van der Waals surface area contributed by atoms with Crippen LogP contribution in [-0.4, -0.2) is 41.7 Å². The molecule has 1 heterocycles. The van der Waals surface area contributed by atoms with E-state index >= 15 is 0 Å². The standard InChI is InChI=1S/C13H24N2O2/c14-12-4-2-1-3-11(12)13(17)15-7-5-10(9-16)6-8-15/h10-12,16H,1-9,14H2. The van der Waals surface area contributed by atoms with Crippen molar-refractivity contribution in [2.45, 2.75) is 44.6 Å². The Bertz CT molecular complexity index is 262. The highest BCUT2D eigenvalue weighted by Crippen LogP contribution is 2.26. The summed E-state index contributed by atoms with van der Waals surface area (Å²) in [6.07, 6.45) is 6.12. The lowest BCUT2D eigenvalue weighted by Gasteiger charge is -2.36. The van der Waals surface area contributed by atoms with Crippen molar-refractivity contribution in [1.29, 1.82) is 0 Å². The first-order valence-electron chi connectivity index (χ1n) is 6.87. The van der Waals surface area contributed by atoms with Crippen LogP contribution in [0.5, 0.6) is 0 Å². The summed E-state index contributed by atoms with van der Waals surface area (Å²) in [6, 6.07) is 0.0619. The van der Waals surface area contributed by atoms with Gasteiger partial charge in [0.25, 0.3) is 0 Å². The number of piperidine rings is 1. The highest BCUT2D eigenvalue weighted by molar-refractivity contribution is 5.79. The molecule has 4 heteroatoms. The molecule has 2 unspecified atom stereocenters. The fourth-order valence-corrected chi connectivity index (χ4v) is 3.04. The maximum atomic E-state index is 12.3. The topological polar surface area (TPSA) is 66.6 Å². The Hall–Kier alpha value is -0.610. The summed E-state index contributed by atoms with van der Waals surface area (Å²) in [5, 5.41) is 9.08. The molecule has 0 bridgehead atoms. The number of carbonyl (C=O) groups is 1. The maximum Gasteiger partial charge on any atom is 0.227 e. The molecule has 1 aliphatic heterocycles. The molecular formula is C13H24N2O2. The number of hydrogen-bond acceptors (Lipinski definition) is 3. The molecule has 3 N–H and O–H groups in total. The van der Waals surface area contributed by atoms with Crippen LogP contribution >= 0.6 is 0 Å². The smallest absolute Gasteiger partial charge is 0.227 e. The Kier molecular flexibility index (Phi) is 4.40. The van der Waals surface area contributed by atoms with Gasteiger partial charge in [-0.2, -0.15) is 0 Å². The van der Waals surface area contributed by atoms with Crippen LogP contribution in [0.1, 0.15) is 38.5 Å². The molecule has 2 fully saturated rings. The predicted molar refractivity (Wildman–Crippen MR) is 66.3 cm³/mol. The van der Waals surface area contributed by atoms with Gasteiger partial charge in [0.1, 0.15) is 0 Å². The minimum Gasteiger partial charge on any atom is -0.396 e. The van der Waals surface area contributed by atoms with Gasteiger partial charge in [0.2, 0.25) is 5.91 Å². The minimum atomic E-state index is 0.0504. The second-order valence-electron chi connectivity index (χ2n) is 5.51. The number of likely N-dealkylation sites (tertiary alicyclic amines) is 1. The van der Waals surface area contributed by atoms with E-state index in [1.54, 1.807) is 0 Å². The molecule has 2 atom stereocenters. The number of nitrogens with zero attached hydrogens (tertiary/aromatic N) is 1.